The zero-order valence-corrected chi connectivity index (χ0v) is 13.5. The van der Waals surface area contributed by atoms with Gasteiger partial charge in [-0.25, -0.2) is 4.79 Å². The number of aliphatic hydroxyl groups excluding tert-OH is 1. The number of hydrogen-bond donors (Lipinski definition) is 3. The Balaban J connectivity index is 2.82. The number of carbonyl (C=O) groups is 1. The van der Waals surface area contributed by atoms with Gasteiger partial charge in [0.2, 0.25) is 0 Å². The highest BCUT2D eigenvalue weighted by Gasteiger charge is 2.18. The first-order valence-corrected chi connectivity index (χ1v) is 8.29. The van der Waals surface area contributed by atoms with Gasteiger partial charge in [0.25, 0.3) is 5.91 Å². The normalized spacial score (nSPS) is 12.2. The minimum Gasteiger partial charge on any atom is -0.396 e. The predicted octanol–water partition coefficient (Wildman–Crippen LogP) is 1.33. The molecule has 1 aromatic heterocycles. The van der Waals surface area contributed by atoms with Crippen LogP contribution in [0.1, 0.15) is 42.2 Å². The molecule has 0 radical (unpaired) electrons. The second kappa shape index (κ2) is 8.84. The monoisotopic (exact) mass is 313 g/mol. The van der Waals surface area contributed by atoms with Crippen molar-refractivity contribution in [2.24, 2.45) is 5.92 Å². The molecule has 1 atom stereocenters. The molecule has 0 aliphatic carbocycles. The van der Waals surface area contributed by atoms with E-state index in [1.807, 2.05) is 0 Å². The van der Waals surface area contributed by atoms with Crippen LogP contribution in [0.15, 0.2) is 9.82 Å². The summed E-state index contributed by atoms with van der Waals surface area (Å²) in [4.78, 5) is 30.0. The lowest BCUT2D eigenvalue weighted by Crippen LogP contribution is -2.32. The van der Waals surface area contributed by atoms with Gasteiger partial charge in [-0.1, -0.05) is 13.3 Å². The number of hydrogen-bond acceptors (Lipinski definition) is 5. The lowest BCUT2D eigenvalue weighted by Gasteiger charge is -2.16. The summed E-state index contributed by atoms with van der Waals surface area (Å²) in [6.07, 6.45) is 4.42. The Morgan fingerprint density at radius 1 is 1.48 bits per heavy atom. The third kappa shape index (κ3) is 5.17. The van der Waals surface area contributed by atoms with E-state index in [2.05, 4.69) is 22.2 Å². The quantitative estimate of drug-likeness (QED) is 0.497. The van der Waals surface area contributed by atoms with Gasteiger partial charge in [0.15, 0.2) is 0 Å². The smallest absolute Gasteiger partial charge is 0.346 e. The van der Waals surface area contributed by atoms with Crippen LogP contribution in [-0.2, 0) is 0 Å². The SMILES string of the molecule is CCCC(CCO)CNC(=O)c1c(SC)nc(=O)[nH]c1C. The van der Waals surface area contributed by atoms with Crippen LogP contribution in [0.5, 0.6) is 0 Å². The lowest BCUT2D eigenvalue weighted by molar-refractivity contribution is 0.0938. The van der Waals surface area contributed by atoms with Crippen LogP contribution in [0.4, 0.5) is 0 Å². The van der Waals surface area contributed by atoms with Gasteiger partial charge < -0.3 is 15.4 Å². The van der Waals surface area contributed by atoms with Gasteiger partial charge in [-0.2, -0.15) is 4.98 Å². The number of carbonyl (C=O) groups excluding carboxylic acids is 1. The molecule has 3 N–H and O–H groups in total. The van der Waals surface area contributed by atoms with Gasteiger partial charge in [0.1, 0.15) is 5.03 Å². The average molecular weight is 313 g/mol. The Hall–Kier alpha value is -1.34. The molecule has 0 spiro atoms. The highest BCUT2D eigenvalue weighted by molar-refractivity contribution is 7.98. The topological polar surface area (TPSA) is 95.1 Å². The summed E-state index contributed by atoms with van der Waals surface area (Å²) < 4.78 is 0. The molecule has 1 amide bonds. The van der Waals surface area contributed by atoms with Crippen molar-refractivity contribution in [3.8, 4) is 0 Å². The van der Waals surface area contributed by atoms with Crippen LogP contribution in [0.2, 0.25) is 0 Å². The Morgan fingerprint density at radius 2 is 2.19 bits per heavy atom. The van der Waals surface area contributed by atoms with Crippen molar-refractivity contribution in [2.75, 3.05) is 19.4 Å². The van der Waals surface area contributed by atoms with Crippen LogP contribution in [-0.4, -0.2) is 40.4 Å². The maximum atomic E-state index is 12.3. The molecule has 0 saturated carbocycles. The molecule has 1 unspecified atom stereocenters. The van der Waals surface area contributed by atoms with Crippen molar-refractivity contribution >= 4 is 17.7 Å². The largest absolute Gasteiger partial charge is 0.396 e. The van der Waals surface area contributed by atoms with Gasteiger partial charge in [-0.15, -0.1) is 11.8 Å². The second-order valence-corrected chi connectivity index (χ2v) is 5.72. The van der Waals surface area contributed by atoms with Crippen LogP contribution in [0.25, 0.3) is 0 Å². The summed E-state index contributed by atoms with van der Waals surface area (Å²) in [5.74, 6) is 0.0253. The molecule has 118 valence electrons. The van der Waals surface area contributed by atoms with Crippen molar-refractivity contribution in [3.63, 3.8) is 0 Å². The molecule has 0 aliphatic heterocycles. The van der Waals surface area contributed by atoms with Gasteiger partial charge in [0, 0.05) is 18.8 Å². The Bertz CT molecular complexity index is 525. The molecule has 0 aromatic carbocycles. The number of nitrogens with zero attached hydrogens (tertiary/aromatic N) is 1. The molecule has 21 heavy (non-hydrogen) atoms. The summed E-state index contributed by atoms with van der Waals surface area (Å²) in [5.41, 5.74) is 0.491. The summed E-state index contributed by atoms with van der Waals surface area (Å²) >= 11 is 1.27. The van der Waals surface area contributed by atoms with Crippen LogP contribution < -0.4 is 11.0 Å². The molecule has 0 fully saturated rings. The molecule has 1 aromatic rings. The van der Waals surface area contributed by atoms with E-state index in [-0.39, 0.29) is 18.4 Å². The first kappa shape index (κ1) is 17.7. The molecule has 0 bridgehead atoms. The maximum Gasteiger partial charge on any atom is 0.346 e. The van der Waals surface area contributed by atoms with E-state index in [0.29, 0.717) is 29.2 Å². The van der Waals surface area contributed by atoms with Gasteiger partial charge in [-0.05, 0) is 31.9 Å². The number of H-pyrrole nitrogens is 1. The number of aliphatic hydroxyl groups is 1. The number of aromatic nitrogens is 2. The summed E-state index contributed by atoms with van der Waals surface area (Å²) in [7, 11) is 0. The van der Waals surface area contributed by atoms with E-state index < -0.39 is 5.69 Å². The zero-order valence-electron chi connectivity index (χ0n) is 12.7. The van der Waals surface area contributed by atoms with E-state index in [1.54, 1.807) is 13.2 Å². The van der Waals surface area contributed by atoms with Crippen LogP contribution in [0, 0.1) is 12.8 Å². The number of aryl methyl sites for hydroxylation is 1. The van der Waals surface area contributed by atoms with Gasteiger partial charge >= 0.3 is 5.69 Å². The second-order valence-electron chi connectivity index (χ2n) is 4.93. The third-order valence-electron chi connectivity index (χ3n) is 3.29. The Morgan fingerprint density at radius 3 is 2.76 bits per heavy atom. The number of nitrogens with one attached hydrogen (secondary N) is 2. The van der Waals surface area contributed by atoms with Crippen molar-refractivity contribution in [1.29, 1.82) is 0 Å². The lowest BCUT2D eigenvalue weighted by atomic mass is 10.00. The predicted molar refractivity (Wildman–Crippen MR) is 83.8 cm³/mol. The van der Waals surface area contributed by atoms with E-state index in [4.69, 9.17) is 5.11 Å². The van der Waals surface area contributed by atoms with Gasteiger partial charge in [0.05, 0.1) is 5.56 Å². The summed E-state index contributed by atoms with van der Waals surface area (Å²) in [6.45, 7) is 4.40. The first-order valence-electron chi connectivity index (χ1n) is 7.07. The molecule has 1 heterocycles. The maximum absolute atomic E-state index is 12.3. The highest BCUT2D eigenvalue weighted by atomic mass is 32.2. The van der Waals surface area contributed by atoms with Crippen LogP contribution >= 0.6 is 11.8 Å². The Kier molecular flexibility index (Phi) is 7.45. The number of thioether (sulfide) groups is 1. The number of rotatable bonds is 8. The van der Waals surface area contributed by atoms with Crippen LogP contribution in [0.3, 0.4) is 0 Å². The zero-order chi connectivity index (χ0) is 15.8. The number of amides is 1. The van der Waals surface area contributed by atoms with Gasteiger partial charge in [-0.3, -0.25) is 4.79 Å². The fourth-order valence-corrected chi connectivity index (χ4v) is 2.86. The van der Waals surface area contributed by atoms with E-state index in [0.717, 1.165) is 12.8 Å². The molecule has 0 aliphatic rings. The molecular formula is C14H23N3O3S. The first-order chi connectivity index (χ1) is 10.0. The summed E-state index contributed by atoms with van der Waals surface area (Å²) in [6, 6.07) is 0. The number of aromatic amines is 1. The van der Waals surface area contributed by atoms with Crippen molar-refractivity contribution < 1.29 is 9.90 Å². The van der Waals surface area contributed by atoms with E-state index in [9.17, 15) is 9.59 Å². The molecule has 6 nitrogen and oxygen atoms in total. The fraction of sp³-hybridized carbons (Fsp3) is 0.643. The van der Waals surface area contributed by atoms with E-state index >= 15 is 0 Å². The highest BCUT2D eigenvalue weighted by Crippen LogP contribution is 2.18. The third-order valence-corrected chi connectivity index (χ3v) is 3.97. The summed E-state index contributed by atoms with van der Waals surface area (Å²) in [5, 5.41) is 12.3. The standard InChI is InChI=1S/C14H23N3O3S/c1-4-5-10(6-7-18)8-15-12(19)11-9(2)16-14(20)17-13(11)21-3/h10,18H,4-8H2,1-3H3,(H,15,19)(H,16,17,20). The minimum atomic E-state index is -0.447. The Labute approximate surface area is 128 Å². The molecular weight excluding hydrogens is 290 g/mol. The molecule has 0 saturated heterocycles. The fourth-order valence-electron chi connectivity index (χ4n) is 2.24. The minimum absolute atomic E-state index is 0.121. The van der Waals surface area contributed by atoms with Crippen molar-refractivity contribution in [2.45, 2.75) is 38.1 Å². The van der Waals surface area contributed by atoms with E-state index in [1.165, 1.54) is 11.8 Å². The van der Waals surface area contributed by atoms with Crippen molar-refractivity contribution in [3.05, 3.63) is 21.7 Å². The molecule has 1 rings (SSSR count). The molecule has 7 heteroatoms. The van der Waals surface area contributed by atoms with Crippen molar-refractivity contribution in [1.82, 2.24) is 15.3 Å². The average Bonchev–Trinajstić information content (AvgIpc) is 2.44.